The first kappa shape index (κ1) is 33.3. The zero-order valence-electron chi connectivity index (χ0n) is 29.9. The Labute approximate surface area is 326 Å². The zero-order valence-corrected chi connectivity index (χ0v) is 29.9. The highest BCUT2D eigenvalue weighted by Crippen LogP contribution is 2.40. The summed E-state index contributed by atoms with van der Waals surface area (Å²) in [6.07, 6.45) is 0. The number of rotatable bonds is 5. The molecule has 2 heterocycles. The van der Waals surface area contributed by atoms with Crippen molar-refractivity contribution in [1.29, 1.82) is 0 Å². The third kappa shape index (κ3) is 5.25. The van der Waals surface area contributed by atoms with E-state index in [4.69, 9.17) is 39.2 Å². The van der Waals surface area contributed by atoms with Gasteiger partial charge in [0, 0.05) is 32.9 Å². The Morgan fingerprint density at radius 1 is 0.273 bits per heavy atom. The summed E-state index contributed by atoms with van der Waals surface area (Å²) in [6, 6.07) is 58.2. The minimum atomic E-state index is 0.202. The van der Waals surface area contributed by atoms with Crippen LogP contribution < -0.4 is 27.3 Å². The lowest BCUT2D eigenvalue weighted by atomic mass is 9.60. The zero-order chi connectivity index (χ0) is 37.4. The SMILES string of the molecule is [B]c1c([B])c([B])c(-c2ccc(-n3c4ccccc4c4cc5c6ccccc6n(-c6cccc(-c7ccc(-c8ccccc8)cc7)c6)c5cc43)cc2)c([B])c1[B]. The lowest BCUT2D eigenvalue weighted by Crippen LogP contribution is -2.55. The molecule has 0 saturated carbocycles. The van der Waals surface area contributed by atoms with Gasteiger partial charge in [-0.05, 0) is 81.9 Å². The molecule has 0 atom stereocenters. The van der Waals surface area contributed by atoms with Gasteiger partial charge in [0.25, 0.3) is 0 Å². The van der Waals surface area contributed by atoms with Gasteiger partial charge in [-0.25, -0.2) is 0 Å². The molecule has 0 fully saturated rings. The maximum Gasteiger partial charge on any atom is 0.113 e. The number of benzene rings is 8. The van der Waals surface area contributed by atoms with Gasteiger partial charge < -0.3 is 9.13 Å². The minimum absolute atomic E-state index is 0.202. The molecule has 0 spiro atoms. The van der Waals surface area contributed by atoms with Gasteiger partial charge in [0.05, 0.1) is 22.1 Å². The monoisotopic (exact) mass is 686 g/mol. The van der Waals surface area contributed by atoms with E-state index in [1.54, 1.807) is 0 Å². The molecule has 10 radical (unpaired) electrons. The highest BCUT2D eigenvalue weighted by atomic mass is 15.0. The van der Waals surface area contributed by atoms with Crippen molar-refractivity contribution in [2.24, 2.45) is 0 Å². The smallest absolute Gasteiger partial charge is 0.113 e. The van der Waals surface area contributed by atoms with Crippen LogP contribution in [0.25, 0.3) is 88.4 Å². The number of hydrogen-bond donors (Lipinski definition) is 0. The highest BCUT2D eigenvalue weighted by Gasteiger charge is 2.19. The van der Waals surface area contributed by atoms with Gasteiger partial charge in [-0.15, -0.1) is 16.4 Å². The fraction of sp³-hybridized carbons (Fsp3) is 0. The van der Waals surface area contributed by atoms with Gasteiger partial charge >= 0.3 is 0 Å². The molecule has 0 amide bonds. The van der Waals surface area contributed by atoms with Crippen LogP contribution in [-0.4, -0.2) is 48.4 Å². The van der Waals surface area contributed by atoms with Crippen LogP contribution in [0.5, 0.6) is 0 Å². The molecule has 2 nitrogen and oxygen atoms in total. The van der Waals surface area contributed by atoms with Crippen LogP contribution >= 0.6 is 0 Å². The van der Waals surface area contributed by atoms with E-state index in [0.717, 1.165) is 44.6 Å². The van der Waals surface area contributed by atoms with Crippen LogP contribution in [0.1, 0.15) is 0 Å². The molecule has 0 aliphatic carbocycles. The van der Waals surface area contributed by atoms with Crippen LogP contribution in [0.3, 0.4) is 0 Å². The molecule has 7 heteroatoms. The molecule has 244 valence electrons. The van der Waals surface area contributed by atoms with Crippen LogP contribution in [0.2, 0.25) is 0 Å². The maximum atomic E-state index is 6.44. The van der Waals surface area contributed by atoms with E-state index in [1.165, 1.54) is 38.2 Å². The predicted octanol–water partition coefficient (Wildman–Crippen LogP) is 6.85. The van der Waals surface area contributed by atoms with E-state index in [2.05, 4.69) is 155 Å². The van der Waals surface area contributed by atoms with Crippen molar-refractivity contribution in [3.8, 4) is 44.8 Å². The van der Waals surface area contributed by atoms with Gasteiger partial charge in [0.2, 0.25) is 0 Å². The summed E-state index contributed by atoms with van der Waals surface area (Å²) in [5, 5.41) is 4.75. The highest BCUT2D eigenvalue weighted by molar-refractivity contribution is 6.68. The Morgan fingerprint density at radius 3 is 1.33 bits per heavy atom. The molecule has 0 aliphatic heterocycles. The fourth-order valence-electron chi connectivity index (χ4n) is 8.24. The molecule has 55 heavy (non-hydrogen) atoms. The van der Waals surface area contributed by atoms with Crippen molar-refractivity contribution in [1.82, 2.24) is 9.13 Å². The van der Waals surface area contributed by atoms with Crippen molar-refractivity contribution >= 4 is 110 Å². The van der Waals surface area contributed by atoms with Gasteiger partial charge in [0.1, 0.15) is 39.2 Å². The first-order valence-corrected chi connectivity index (χ1v) is 18.2. The normalized spacial score (nSPS) is 11.6. The van der Waals surface area contributed by atoms with Crippen LogP contribution in [-0.2, 0) is 0 Å². The third-order valence-electron chi connectivity index (χ3n) is 11.0. The molecule has 0 aliphatic rings. The second-order valence-corrected chi connectivity index (χ2v) is 14.1. The Balaban J connectivity index is 1.15. The molecule has 8 aromatic carbocycles. The lowest BCUT2D eigenvalue weighted by Gasteiger charge is -2.21. The number of nitrogens with zero attached hydrogens (tertiary/aromatic N) is 2. The van der Waals surface area contributed by atoms with E-state index in [1.807, 2.05) is 18.2 Å². The summed E-state index contributed by atoms with van der Waals surface area (Å²) in [5.41, 5.74) is 14.0. The summed E-state index contributed by atoms with van der Waals surface area (Å²) in [7, 11) is 31.4. The summed E-state index contributed by atoms with van der Waals surface area (Å²) in [6.45, 7) is 0. The van der Waals surface area contributed by atoms with E-state index in [0.29, 0.717) is 16.5 Å². The van der Waals surface area contributed by atoms with Crippen molar-refractivity contribution < 1.29 is 0 Å². The van der Waals surface area contributed by atoms with E-state index < -0.39 is 0 Å². The van der Waals surface area contributed by atoms with Crippen molar-refractivity contribution in [2.45, 2.75) is 0 Å². The number of para-hydroxylation sites is 2. The molecule has 0 saturated heterocycles. The van der Waals surface area contributed by atoms with E-state index in [9.17, 15) is 0 Å². The fourth-order valence-corrected chi connectivity index (χ4v) is 8.24. The average molecular weight is 686 g/mol. The van der Waals surface area contributed by atoms with Gasteiger partial charge in [-0.1, -0.05) is 126 Å². The number of fused-ring (bicyclic) bond motifs is 6. The number of hydrogen-bond acceptors (Lipinski definition) is 0. The number of aromatic nitrogens is 2. The summed E-state index contributed by atoms with van der Waals surface area (Å²) in [5.74, 6) is 0. The molecule has 0 unspecified atom stereocenters. The Hall–Kier alpha value is -6.32. The van der Waals surface area contributed by atoms with Crippen molar-refractivity contribution in [2.75, 3.05) is 0 Å². The largest absolute Gasteiger partial charge is 0.309 e. The van der Waals surface area contributed by atoms with Gasteiger partial charge in [-0.3, -0.25) is 0 Å². The van der Waals surface area contributed by atoms with Crippen LogP contribution in [0.15, 0.2) is 164 Å². The van der Waals surface area contributed by atoms with E-state index in [-0.39, 0.29) is 16.4 Å². The van der Waals surface area contributed by atoms with Gasteiger partial charge in [-0.2, -0.15) is 0 Å². The second kappa shape index (κ2) is 12.9. The third-order valence-corrected chi connectivity index (χ3v) is 11.0. The molecule has 0 bridgehead atoms. The van der Waals surface area contributed by atoms with Gasteiger partial charge in [0.15, 0.2) is 0 Å². The van der Waals surface area contributed by atoms with E-state index >= 15 is 0 Å². The maximum absolute atomic E-state index is 6.44. The Morgan fingerprint density at radius 2 is 0.727 bits per heavy atom. The summed E-state index contributed by atoms with van der Waals surface area (Å²) < 4.78 is 4.71. The average Bonchev–Trinajstić information content (AvgIpc) is 3.74. The van der Waals surface area contributed by atoms with Crippen molar-refractivity contribution in [3.05, 3.63) is 164 Å². The lowest BCUT2D eigenvalue weighted by molar-refractivity contribution is 1.16. The molecule has 10 aromatic rings. The summed E-state index contributed by atoms with van der Waals surface area (Å²) >= 11 is 0. The molecular formula is C48H27B5N2. The van der Waals surface area contributed by atoms with Crippen molar-refractivity contribution in [3.63, 3.8) is 0 Å². The van der Waals surface area contributed by atoms with Crippen LogP contribution in [0, 0.1) is 0 Å². The quantitative estimate of drug-likeness (QED) is 0.176. The molecule has 10 rings (SSSR count). The first-order valence-electron chi connectivity index (χ1n) is 18.2. The minimum Gasteiger partial charge on any atom is -0.309 e. The molecular weight excluding hydrogens is 659 g/mol. The predicted molar refractivity (Wildman–Crippen MR) is 238 cm³/mol. The molecule has 2 aromatic heterocycles. The summed E-state index contributed by atoms with van der Waals surface area (Å²) in [4.78, 5) is 0. The first-order chi connectivity index (χ1) is 26.9. The Kier molecular flexibility index (Phi) is 7.82. The topological polar surface area (TPSA) is 9.86 Å². The molecule has 0 N–H and O–H groups in total. The standard InChI is InChI=1S/C48H27B5N2/c49-44-43(45(50)47(52)48(53)46(44)51)31-21-23-33(24-22-31)54-39-15-6-4-13-35(39)37-26-38-36-14-5-7-16-40(36)55(42(38)27-41(37)54)34-12-8-11-32(25-34)30-19-17-29(18-20-30)28-9-2-1-3-10-28/h1-27H. The Bertz CT molecular complexity index is 3100. The van der Waals surface area contributed by atoms with Crippen LogP contribution in [0.4, 0.5) is 0 Å². The second-order valence-electron chi connectivity index (χ2n) is 14.1.